The summed E-state index contributed by atoms with van der Waals surface area (Å²) in [6.07, 6.45) is 3.61. The molecule has 0 radical (unpaired) electrons. The number of carbonyl (C=O) groups excluding carboxylic acids is 1. The molecule has 1 aromatic heterocycles. The summed E-state index contributed by atoms with van der Waals surface area (Å²) in [7, 11) is 1.91. The topological polar surface area (TPSA) is 56.1 Å². The summed E-state index contributed by atoms with van der Waals surface area (Å²) in [5.74, 6) is 0.639. The van der Waals surface area contributed by atoms with E-state index in [4.69, 9.17) is 4.74 Å². The first-order chi connectivity index (χ1) is 10.1. The van der Waals surface area contributed by atoms with Gasteiger partial charge in [-0.3, -0.25) is 4.79 Å². The fourth-order valence-corrected chi connectivity index (χ4v) is 2.04. The van der Waals surface area contributed by atoms with Gasteiger partial charge in [-0.25, -0.2) is 4.98 Å². The number of aromatic nitrogens is 2. The fourth-order valence-electron chi connectivity index (χ4n) is 2.04. The second-order valence-electron chi connectivity index (χ2n) is 5.17. The molecule has 2 aromatic rings. The van der Waals surface area contributed by atoms with Gasteiger partial charge in [0.2, 0.25) is 5.91 Å². The molecular formula is C16H21N3O2. The predicted molar refractivity (Wildman–Crippen MR) is 80.7 cm³/mol. The normalized spacial score (nSPS) is 12.4. The Hall–Kier alpha value is -2.14. The van der Waals surface area contributed by atoms with Crippen LogP contribution in [0, 0.1) is 0 Å². The Morgan fingerprint density at radius 2 is 2.05 bits per heavy atom. The molecule has 1 aromatic carbocycles. The van der Waals surface area contributed by atoms with E-state index in [0.717, 1.165) is 11.4 Å². The molecule has 0 saturated carbocycles. The smallest absolute Gasteiger partial charge is 0.246 e. The zero-order valence-electron chi connectivity index (χ0n) is 12.6. The minimum Gasteiger partial charge on any atom is -0.369 e. The van der Waals surface area contributed by atoms with Gasteiger partial charge in [0.05, 0.1) is 6.10 Å². The van der Waals surface area contributed by atoms with Gasteiger partial charge in [0.25, 0.3) is 0 Å². The van der Waals surface area contributed by atoms with E-state index in [0.29, 0.717) is 0 Å². The van der Waals surface area contributed by atoms with Crippen molar-refractivity contribution in [3.8, 4) is 0 Å². The lowest BCUT2D eigenvalue weighted by Gasteiger charge is -2.19. The SMILES string of the molecule is CC(C)OCC(=O)NC(c1ccccc1)c1nccn1C. The molecule has 21 heavy (non-hydrogen) atoms. The third-order valence-electron chi connectivity index (χ3n) is 3.10. The Kier molecular flexibility index (Phi) is 5.11. The molecule has 0 aliphatic carbocycles. The maximum absolute atomic E-state index is 12.1. The first kappa shape index (κ1) is 15.3. The lowest BCUT2D eigenvalue weighted by Crippen LogP contribution is -2.34. The van der Waals surface area contributed by atoms with Crippen molar-refractivity contribution in [3.63, 3.8) is 0 Å². The molecule has 1 amide bonds. The minimum absolute atomic E-state index is 0.0269. The number of amides is 1. The van der Waals surface area contributed by atoms with Crippen molar-refractivity contribution in [2.24, 2.45) is 7.05 Å². The summed E-state index contributed by atoms with van der Waals surface area (Å²) >= 11 is 0. The summed E-state index contributed by atoms with van der Waals surface area (Å²) in [5.41, 5.74) is 0.990. The molecule has 1 atom stereocenters. The highest BCUT2D eigenvalue weighted by Crippen LogP contribution is 2.19. The van der Waals surface area contributed by atoms with Crippen LogP contribution in [0.25, 0.3) is 0 Å². The zero-order chi connectivity index (χ0) is 15.2. The van der Waals surface area contributed by atoms with Crippen molar-refractivity contribution in [1.82, 2.24) is 14.9 Å². The highest BCUT2D eigenvalue weighted by molar-refractivity contribution is 5.78. The number of aryl methyl sites for hydroxylation is 1. The minimum atomic E-state index is -0.283. The summed E-state index contributed by atoms with van der Waals surface area (Å²) in [6, 6.07) is 9.51. The van der Waals surface area contributed by atoms with Crippen LogP contribution in [0.15, 0.2) is 42.7 Å². The van der Waals surface area contributed by atoms with Crippen LogP contribution in [0.2, 0.25) is 0 Å². The second-order valence-corrected chi connectivity index (χ2v) is 5.17. The molecule has 0 aliphatic heterocycles. The van der Waals surface area contributed by atoms with Crippen molar-refractivity contribution in [3.05, 3.63) is 54.1 Å². The van der Waals surface area contributed by atoms with Crippen LogP contribution in [0.3, 0.4) is 0 Å². The summed E-state index contributed by atoms with van der Waals surface area (Å²) in [5, 5.41) is 2.98. The second kappa shape index (κ2) is 7.04. The molecule has 5 heteroatoms. The molecular weight excluding hydrogens is 266 g/mol. The van der Waals surface area contributed by atoms with Gasteiger partial charge >= 0.3 is 0 Å². The molecule has 0 spiro atoms. The van der Waals surface area contributed by atoms with Gasteiger partial charge in [0.1, 0.15) is 18.5 Å². The average Bonchev–Trinajstić information content (AvgIpc) is 2.89. The Morgan fingerprint density at radius 1 is 1.33 bits per heavy atom. The summed E-state index contributed by atoms with van der Waals surface area (Å²) in [6.45, 7) is 3.85. The summed E-state index contributed by atoms with van der Waals surface area (Å²) < 4.78 is 7.25. The van der Waals surface area contributed by atoms with E-state index in [1.807, 2.05) is 62.0 Å². The van der Waals surface area contributed by atoms with Gasteiger partial charge in [0.15, 0.2) is 0 Å². The first-order valence-corrected chi connectivity index (χ1v) is 7.01. The number of ether oxygens (including phenoxy) is 1. The Labute approximate surface area is 125 Å². The molecule has 0 bridgehead atoms. The van der Waals surface area contributed by atoms with E-state index in [1.54, 1.807) is 6.20 Å². The fraction of sp³-hybridized carbons (Fsp3) is 0.375. The van der Waals surface area contributed by atoms with Gasteiger partial charge in [0, 0.05) is 19.4 Å². The number of imidazole rings is 1. The maximum Gasteiger partial charge on any atom is 0.246 e. The van der Waals surface area contributed by atoms with Crippen molar-refractivity contribution in [2.45, 2.75) is 26.0 Å². The number of nitrogens with zero attached hydrogens (tertiary/aromatic N) is 2. The van der Waals surface area contributed by atoms with E-state index in [9.17, 15) is 4.79 Å². The van der Waals surface area contributed by atoms with E-state index in [-0.39, 0.29) is 24.7 Å². The van der Waals surface area contributed by atoms with Gasteiger partial charge in [-0.2, -0.15) is 0 Å². The monoisotopic (exact) mass is 287 g/mol. The van der Waals surface area contributed by atoms with Crippen LogP contribution in [0.1, 0.15) is 31.3 Å². The molecule has 1 heterocycles. The van der Waals surface area contributed by atoms with Crippen LogP contribution < -0.4 is 5.32 Å². The molecule has 1 N–H and O–H groups in total. The third kappa shape index (κ3) is 4.16. The van der Waals surface area contributed by atoms with Crippen LogP contribution in [-0.2, 0) is 16.6 Å². The third-order valence-corrected chi connectivity index (χ3v) is 3.10. The quantitative estimate of drug-likeness (QED) is 0.884. The molecule has 1 unspecified atom stereocenters. The number of rotatable bonds is 6. The number of nitrogens with one attached hydrogen (secondary N) is 1. The molecule has 0 saturated heterocycles. The van der Waals surface area contributed by atoms with Crippen LogP contribution in [0.5, 0.6) is 0 Å². The Morgan fingerprint density at radius 3 is 2.62 bits per heavy atom. The molecule has 0 fully saturated rings. The number of benzene rings is 1. The zero-order valence-corrected chi connectivity index (χ0v) is 12.6. The molecule has 0 aliphatic rings. The molecule has 5 nitrogen and oxygen atoms in total. The van der Waals surface area contributed by atoms with E-state index >= 15 is 0 Å². The van der Waals surface area contributed by atoms with Crippen molar-refractivity contribution in [2.75, 3.05) is 6.61 Å². The maximum atomic E-state index is 12.1. The van der Waals surface area contributed by atoms with E-state index < -0.39 is 0 Å². The summed E-state index contributed by atoms with van der Waals surface area (Å²) in [4.78, 5) is 16.4. The number of carbonyl (C=O) groups is 1. The van der Waals surface area contributed by atoms with Crippen molar-refractivity contribution < 1.29 is 9.53 Å². The largest absolute Gasteiger partial charge is 0.369 e. The van der Waals surface area contributed by atoms with Crippen LogP contribution >= 0.6 is 0 Å². The average molecular weight is 287 g/mol. The van der Waals surface area contributed by atoms with E-state index in [2.05, 4.69) is 10.3 Å². The van der Waals surface area contributed by atoms with Gasteiger partial charge in [-0.05, 0) is 19.4 Å². The number of hydrogen-bond acceptors (Lipinski definition) is 3. The van der Waals surface area contributed by atoms with Crippen LogP contribution in [0.4, 0.5) is 0 Å². The Balaban J connectivity index is 2.18. The van der Waals surface area contributed by atoms with E-state index in [1.165, 1.54) is 0 Å². The van der Waals surface area contributed by atoms with Crippen molar-refractivity contribution in [1.29, 1.82) is 0 Å². The first-order valence-electron chi connectivity index (χ1n) is 7.01. The lowest BCUT2D eigenvalue weighted by atomic mass is 10.1. The highest BCUT2D eigenvalue weighted by Gasteiger charge is 2.20. The van der Waals surface area contributed by atoms with Gasteiger partial charge < -0.3 is 14.6 Å². The van der Waals surface area contributed by atoms with Gasteiger partial charge in [-0.1, -0.05) is 30.3 Å². The Bertz CT molecular complexity index is 578. The predicted octanol–water partition coefficient (Wildman–Crippen LogP) is 2.05. The standard InChI is InChI=1S/C16H21N3O2/c1-12(2)21-11-14(20)18-15(13-7-5-4-6-8-13)16-17-9-10-19(16)3/h4-10,12,15H,11H2,1-3H3,(H,18,20). The van der Waals surface area contributed by atoms with Crippen LogP contribution in [-0.4, -0.2) is 28.2 Å². The molecule has 2 rings (SSSR count). The lowest BCUT2D eigenvalue weighted by molar-refractivity contribution is -0.127. The van der Waals surface area contributed by atoms with Gasteiger partial charge in [-0.15, -0.1) is 0 Å². The number of hydrogen-bond donors (Lipinski definition) is 1. The molecule has 112 valence electrons. The van der Waals surface area contributed by atoms with Crippen molar-refractivity contribution >= 4 is 5.91 Å². The highest BCUT2D eigenvalue weighted by atomic mass is 16.5.